The van der Waals surface area contributed by atoms with Crippen molar-refractivity contribution >= 4 is 37.3 Å². The van der Waals surface area contributed by atoms with E-state index in [1.165, 1.54) is 32.9 Å². The zero-order valence-electron chi connectivity index (χ0n) is 20.9. The summed E-state index contributed by atoms with van der Waals surface area (Å²) in [5.41, 5.74) is 1.51. The summed E-state index contributed by atoms with van der Waals surface area (Å²) in [6.45, 7) is 10.1. The molecule has 1 unspecified atom stereocenters. The molecule has 0 fully saturated rings. The third-order valence-corrected chi connectivity index (χ3v) is 9.06. The number of carbonyl (C=O) groups is 1. The van der Waals surface area contributed by atoms with E-state index in [-0.39, 0.29) is 16.9 Å². The van der Waals surface area contributed by atoms with Crippen LogP contribution in [0.5, 0.6) is 5.75 Å². The Morgan fingerprint density at radius 2 is 1.66 bits per heavy atom. The number of anilines is 2. The second-order valence-corrected chi connectivity index (χ2v) is 13.3. The number of hydrogen-bond acceptors (Lipinski definition) is 6. The number of ether oxygens (including phenoxy) is 1. The fraction of sp³-hybridized carbons (Fsp3) is 0.458. The van der Waals surface area contributed by atoms with E-state index >= 15 is 0 Å². The second-order valence-electron chi connectivity index (χ2n) is 9.44. The molecule has 11 heteroatoms. The highest BCUT2D eigenvalue weighted by atomic mass is 32.2. The molecule has 0 saturated heterocycles. The number of amides is 1. The Labute approximate surface area is 208 Å². The number of nitrogens with zero attached hydrogens (tertiary/aromatic N) is 2. The first-order valence-corrected chi connectivity index (χ1v) is 14.7. The first kappa shape index (κ1) is 27.0. The van der Waals surface area contributed by atoms with Crippen LogP contribution in [0.1, 0.15) is 40.2 Å². The monoisotopic (exact) mass is 523 g/mol. The van der Waals surface area contributed by atoms with Crippen LogP contribution in [0.3, 0.4) is 0 Å². The average molecular weight is 524 g/mol. The van der Waals surface area contributed by atoms with Gasteiger partial charge in [-0.1, -0.05) is 40.7 Å². The highest BCUT2D eigenvalue weighted by molar-refractivity contribution is 7.92. The maximum Gasteiger partial charge on any atom is 0.267 e. The zero-order valence-corrected chi connectivity index (χ0v) is 22.5. The molecule has 0 saturated carbocycles. The number of nitrogens with one attached hydrogen (secondary N) is 1. The molecule has 35 heavy (non-hydrogen) atoms. The van der Waals surface area contributed by atoms with E-state index in [4.69, 9.17) is 4.74 Å². The summed E-state index contributed by atoms with van der Waals surface area (Å²) >= 11 is 0. The molecule has 0 bridgehead atoms. The lowest BCUT2D eigenvalue weighted by Crippen LogP contribution is -2.48. The van der Waals surface area contributed by atoms with Gasteiger partial charge in [0.1, 0.15) is 5.75 Å². The van der Waals surface area contributed by atoms with Crippen LogP contribution in [-0.4, -0.2) is 59.0 Å². The van der Waals surface area contributed by atoms with Crippen molar-refractivity contribution in [2.75, 3.05) is 35.5 Å². The van der Waals surface area contributed by atoms with Crippen molar-refractivity contribution in [3.63, 3.8) is 0 Å². The SMILES string of the molecule is CCN(CC)S(=O)(=O)c1ccc(NC(=O)C2CN(S(C)(=O)=O)c3cc(C(C)(C)C)ccc3O2)cc1. The van der Waals surface area contributed by atoms with Gasteiger partial charge in [-0.3, -0.25) is 9.10 Å². The van der Waals surface area contributed by atoms with Crippen LogP contribution >= 0.6 is 0 Å². The Morgan fingerprint density at radius 3 is 2.17 bits per heavy atom. The topological polar surface area (TPSA) is 113 Å². The van der Waals surface area contributed by atoms with Gasteiger partial charge < -0.3 is 10.1 Å². The largest absolute Gasteiger partial charge is 0.476 e. The molecule has 1 aliphatic heterocycles. The van der Waals surface area contributed by atoms with Crippen molar-refractivity contribution in [3.8, 4) is 5.75 Å². The van der Waals surface area contributed by atoms with Gasteiger partial charge in [-0.05, 0) is 47.4 Å². The predicted octanol–water partition coefficient (Wildman–Crippen LogP) is 3.18. The second kappa shape index (κ2) is 9.79. The molecular weight excluding hydrogens is 490 g/mol. The van der Waals surface area contributed by atoms with Crippen LogP contribution in [0, 0.1) is 0 Å². The minimum Gasteiger partial charge on any atom is -0.476 e. The number of fused-ring (bicyclic) bond motifs is 1. The Bertz CT molecular complexity index is 1300. The van der Waals surface area contributed by atoms with Crippen molar-refractivity contribution in [2.45, 2.75) is 51.0 Å². The Morgan fingerprint density at radius 1 is 1.06 bits per heavy atom. The maximum atomic E-state index is 13.0. The van der Waals surface area contributed by atoms with Gasteiger partial charge in [0.25, 0.3) is 5.91 Å². The number of carbonyl (C=O) groups excluding carboxylic acids is 1. The Kier molecular flexibility index (Phi) is 7.54. The molecule has 1 amide bonds. The average Bonchev–Trinajstić information content (AvgIpc) is 2.77. The summed E-state index contributed by atoms with van der Waals surface area (Å²) in [5, 5.41) is 2.69. The molecule has 1 aliphatic rings. The molecule has 9 nitrogen and oxygen atoms in total. The van der Waals surface area contributed by atoms with Crippen LogP contribution in [0.15, 0.2) is 47.4 Å². The number of benzene rings is 2. The van der Waals surface area contributed by atoms with E-state index in [9.17, 15) is 21.6 Å². The van der Waals surface area contributed by atoms with Crippen LogP contribution in [0.4, 0.5) is 11.4 Å². The number of rotatable bonds is 7. The molecular formula is C24H33N3O6S2. The number of hydrogen-bond donors (Lipinski definition) is 1. The summed E-state index contributed by atoms with van der Waals surface area (Å²) in [5.74, 6) is -0.237. The van der Waals surface area contributed by atoms with Crippen molar-refractivity contribution in [1.82, 2.24) is 4.31 Å². The smallest absolute Gasteiger partial charge is 0.267 e. The van der Waals surface area contributed by atoms with Crippen molar-refractivity contribution in [3.05, 3.63) is 48.0 Å². The van der Waals surface area contributed by atoms with Crippen LogP contribution in [-0.2, 0) is 30.3 Å². The summed E-state index contributed by atoms with van der Waals surface area (Å²) in [7, 11) is -7.29. The van der Waals surface area contributed by atoms with Crippen molar-refractivity contribution in [2.24, 2.45) is 0 Å². The standard InChI is InChI=1S/C24H33N3O6S2/c1-7-26(8-2)35(31,32)19-12-10-18(11-13-19)25-23(28)22-16-27(34(6,29)30)20-15-17(24(3,4)5)9-14-21(20)33-22/h9-15,22H,7-8,16H2,1-6H3,(H,25,28). The lowest BCUT2D eigenvalue weighted by molar-refractivity contribution is -0.122. The van der Waals surface area contributed by atoms with Crippen LogP contribution in [0.2, 0.25) is 0 Å². The molecule has 192 valence electrons. The van der Waals surface area contributed by atoms with Crippen LogP contribution < -0.4 is 14.4 Å². The summed E-state index contributed by atoms with van der Waals surface area (Å²) < 4.78 is 58.8. The summed E-state index contributed by atoms with van der Waals surface area (Å²) in [4.78, 5) is 13.1. The first-order chi connectivity index (χ1) is 16.2. The van der Waals surface area contributed by atoms with Gasteiger partial charge in [-0.2, -0.15) is 4.31 Å². The van der Waals surface area contributed by atoms with Crippen molar-refractivity contribution < 1.29 is 26.4 Å². The van der Waals surface area contributed by atoms with Gasteiger partial charge in [0, 0.05) is 18.8 Å². The van der Waals surface area contributed by atoms with Gasteiger partial charge in [-0.25, -0.2) is 16.8 Å². The van der Waals surface area contributed by atoms with Gasteiger partial charge >= 0.3 is 0 Å². The Balaban J connectivity index is 1.83. The molecule has 3 rings (SSSR count). The molecule has 0 aliphatic carbocycles. The molecule has 1 N–H and O–H groups in total. The quantitative estimate of drug-likeness (QED) is 0.596. The maximum absolute atomic E-state index is 13.0. The molecule has 0 aromatic heterocycles. The van der Waals surface area contributed by atoms with Gasteiger partial charge in [0.2, 0.25) is 20.0 Å². The Hall–Kier alpha value is -2.63. The highest BCUT2D eigenvalue weighted by Gasteiger charge is 2.36. The van der Waals surface area contributed by atoms with E-state index < -0.39 is 32.1 Å². The minimum absolute atomic E-state index is 0.125. The van der Waals surface area contributed by atoms with E-state index in [0.29, 0.717) is 30.2 Å². The first-order valence-electron chi connectivity index (χ1n) is 11.4. The zero-order chi connectivity index (χ0) is 26.2. The fourth-order valence-corrected chi connectivity index (χ4v) is 6.18. The van der Waals surface area contributed by atoms with E-state index in [2.05, 4.69) is 5.32 Å². The lowest BCUT2D eigenvalue weighted by Gasteiger charge is -2.35. The van der Waals surface area contributed by atoms with Crippen molar-refractivity contribution in [1.29, 1.82) is 0 Å². The highest BCUT2D eigenvalue weighted by Crippen LogP contribution is 2.38. The molecule has 2 aromatic rings. The molecule has 0 radical (unpaired) electrons. The lowest BCUT2D eigenvalue weighted by atomic mass is 9.86. The van der Waals surface area contributed by atoms with E-state index in [1.807, 2.05) is 26.8 Å². The normalized spacial score (nSPS) is 16.5. The fourth-order valence-electron chi connectivity index (χ4n) is 3.81. The van der Waals surface area contributed by atoms with Gasteiger partial charge in [0.15, 0.2) is 6.10 Å². The van der Waals surface area contributed by atoms with Crippen LogP contribution in [0.25, 0.3) is 0 Å². The van der Waals surface area contributed by atoms with Gasteiger partial charge in [-0.15, -0.1) is 0 Å². The molecule has 0 spiro atoms. The molecule has 1 atom stereocenters. The summed E-state index contributed by atoms with van der Waals surface area (Å²) in [6.07, 6.45) is 0.00683. The summed E-state index contributed by atoms with van der Waals surface area (Å²) in [6, 6.07) is 11.2. The molecule has 1 heterocycles. The molecule has 2 aromatic carbocycles. The third kappa shape index (κ3) is 5.79. The minimum atomic E-state index is -3.67. The number of sulfonamides is 2. The predicted molar refractivity (Wildman–Crippen MR) is 137 cm³/mol. The van der Waals surface area contributed by atoms with E-state index in [0.717, 1.165) is 11.8 Å². The third-order valence-electron chi connectivity index (χ3n) is 5.85. The van der Waals surface area contributed by atoms with E-state index in [1.54, 1.807) is 26.0 Å². The van der Waals surface area contributed by atoms with Gasteiger partial charge in [0.05, 0.1) is 23.4 Å².